The van der Waals surface area contributed by atoms with Crippen molar-refractivity contribution in [2.45, 2.75) is 11.8 Å². The summed E-state index contributed by atoms with van der Waals surface area (Å²) in [7, 11) is -8.50. The highest BCUT2D eigenvalue weighted by molar-refractivity contribution is 7.91. The Labute approximate surface area is 122 Å². The van der Waals surface area contributed by atoms with Gasteiger partial charge in [-0.15, -0.1) is 0 Å². The topological polar surface area (TPSA) is 121 Å². The van der Waals surface area contributed by atoms with Crippen molar-refractivity contribution in [1.82, 2.24) is 4.72 Å². The van der Waals surface area contributed by atoms with Crippen LogP contribution in [0.15, 0.2) is 35.2 Å². The lowest BCUT2D eigenvalue weighted by Crippen LogP contribution is -2.29. The molecule has 0 fully saturated rings. The summed E-state index contributed by atoms with van der Waals surface area (Å²) < 4.78 is 55.5. The van der Waals surface area contributed by atoms with E-state index in [4.69, 9.17) is 4.55 Å². The molecule has 0 amide bonds. The Bertz CT molecular complexity index is 903. The Morgan fingerprint density at radius 3 is 2.38 bits per heavy atom. The number of rotatable bonds is 4. The molecule has 3 N–H and O–H groups in total. The largest absolute Gasteiger partial charge is 0.508 e. The Morgan fingerprint density at radius 1 is 1.10 bits per heavy atom. The average molecular weight is 331 g/mol. The fourth-order valence-corrected chi connectivity index (χ4v) is 3.77. The molecule has 0 spiro atoms. The lowest BCUT2D eigenvalue weighted by atomic mass is 10.1. The zero-order valence-corrected chi connectivity index (χ0v) is 12.6. The number of nitrogens with one attached hydrogen (secondary N) is 1. The fraction of sp³-hybridized carbons (Fsp3) is 0.167. The zero-order chi connectivity index (χ0) is 15.8. The van der Waals surface area contributed by atoms with Gasteiger partial charge in [0.2, 0.25) is 10.0 Å². The number of phenols is 1. The van der Waals surface area contributed by atoms with Crippen molar-refractivity contribution in [3.05, 3.63) is 35.9 Å². The van der Waals surface area contributed by atoms with Crippen molar-refractivity contribution in [2.24, 2.45) is 0 Å². The molecule has 0 saturated heterocycles. The minimum absolute atomic E-state index is 0.0996. The lowest BCUT2D eigenvalue weighted by molar-refractivity contribution is 0.472. The molecule has 0 heterocycles. The molecule has 0 radical (unpaired) electrons. The first-order valence-corrected chi connectivity index (χ1v) is 8.86. The van der Waals surface area contributed by atoms with Crippen molar-refractivity contribution in [1.29, 1.82) is 0 Å². The summed E-state index contributed by atoms with van der Waals surface area (Å²) in [5.74, 6) is -0.996. The van der Waals surface area contributed by atoms with Crippen LogP contribution in [0.2, 0.25) is 0 Å². The third-order valence-electron chi connectivity index (χ3n) is 2.97. The summed E-state index contributed by atoms with van der Waals surface area (Å²) in [5.41, 5.74) is 0.613. The van der Waals surface area contributed by atoms with Crippen LogP contribution < -0.4 is 4.72 Å². The molecule has 0 saturated carbocycles. The van der Waals surface area contributed by atoms with Crippen molar-refractivity contribution >= 4 is 30.9 Å². The SMILES string of the molecule is Cc1c(O)ccc2cc(S(=O)(=O)NCS(=O)(=O)O)ccc12. The van der Waals surface area contributed by atoms with E-state index in [1.54, 1.807) is 17.7 Å². The molecule has 2 rings (SSSR count). The van der Waals surface area contributed by atoms with Gasteiger partial charge in [-0.05, 0) is 41.5 Å². The van der Waals surface area contributed by atoms with Crippen molar-refractivity contribution in [3.63, 3.8) is 0 Å². The van der Waals surface area contributed by atoms with Gasteiger partial charge < -0.3 is 5.11 Å². The summed E-state index contributed by atoms with van der Waals surface area (Å²) in [6.45, 7) is 1.70. The molecule has 0 atom stereocenters. The first-order chi connectivity index (χ1) is 9.60. The number of phenolic OH excluding ortho intramolecular Hbond substituents is 1. The van der Waals surface area contributed by atoms with E-state index < -0.39 is 26.0 Å². The molecular formula is C12H13NO6S2. The predicted octanol–water partition coefficient (Wildman–Crippen LogP) is 0.977. The van der Waals surface area contributed by atoms with E-state index >= 15 is 0 Å². The van der Waals surface area contributed by atoms with Crippen LogP contribution in [0.5, 0.6) is 5.75 Å². The van der Waals surface area contributed by atoms with Gasteiger partial charge in [0, 0.05) is 0 Å². The summed E-state index contributed by atoms with van der Waals surface area (Å²) >= 11 is 0. The fourth-order valence-electron chi connectivity index (χ4n) is 1.85. The number of aromatic hydroxyl groups is 1. The smallest absolute Gasteiger partial charge is 0.279 e. The highest BCUT2D eigenvalue weighted by atomic mass is 32.2. The lowest BCUT2D eigenvalue weighted by Gasteiger charge is -2.08. The molecule has 9 heteroatoms. The maximum absolute atomic E-state index is 11.9. The molecule has 2 aromatic rings. The molecule has 7 nitrogen and oxygen atoms in total. The predicted molar refractivity (Wildman–Crippen MR) is 77.1 cm³/mol. The number of hydrogen-bond donors (Lipinski definition) is 3. The molecule has 0 aliphatic heterocycles. The van der Waals surface area contributed by atoms with Crippen LogP contribution >= 0.6 is 0 Å². The molecule has 2 aromatic carbocycles. The van der Waals surface area contributed by atoms with Gasteiger partial charge in [-0.3, -0.25) is 4.55 Å². The first-order valence-electron chi connectivity index (χ1n) is 5.77. The second-order valence-electron chi connectivity index (χ2n) is 4.47. The molecule has 21 heavy (non-hydrogen) atoms. The number of aryl methyl sites for hydroxylation is 1. The van der Waals surface area contributed by atoms with Gasteiger partial charge >= 0.3 is 0 Å². The Kier molecular flexibility index (Phi) is 3.93. The van der Waals surface area contributed by atoms with Gasteiger partial charge in [-0.25, -0.2) is 8.42 Å². The number of fused-ring (bicyclic) bond motifs is 1. The zero-order valence-electron chi connectivity index (χ0n) is 10.9. The van der Waals surface area contributed by atoms with Crippen LogP contribution in [0.3, 0.4) is 0 Å². The minimum atomic E-state index is -4.44. The van der Waals surface area contributed by atoms with Gasteiger partial charge in [0.25, 0.3) is 10.1 Å². The molecule has 0 bridgehead atoms. The summed E-state index contributed by atoms with van der Waals surface area (Å²) in [6.07, 6.45) is 0. The third kappa shape index (κ3) is 3.50. The summed E-state index contributed by atoms with van der Waals surface area (Å²) in [5, 5.41) is 10.9. The van der Waals surface area contributed by atoms with E-state index in [9.17, 15) is 21.9 Å². The highest BCUT2D eigenvalue weighted by Gasteiger charge is 2.18. The van der Waals surface area contributed by atoms with Gasteiger partial charge in [0.1, 0.15) is 11.6 Å². The van der Waals surface area contributed by atoms with E-state index in [1.165, 1.54) is 24.3 Å². The standard InChI is InChI=1S/C12H13NO6S2/c1-8-11-4-3-10(6-9(11)2-5-12(8)14)21(18,19)13-7-20(15,16)17/h2-6,13-14H,7H2,1H3,(H,15,16,17). The van der Waals surface area contributed by atoms with E-state index in [0.29, 0.717) is 16.3 Å². The third-order valence-corrected chi connectivity index (χ3v) is 5.06. The van der Waals surface area contributed by atoms with Crippen LogP contribution in [-0.4, -0.2) is 32.4 Å². The Hall–Kier alpha value is -1.68. The minimum Gasteiger partial charge on any atom is -0.508 e. The van der Waals surface area contributed by atoms with Crippen LogP contribution in [0, 0.1) is 6.92 Å². The quantitative estimate of drug-likeness (QED) is 0.718. The molecular weight excluding hydrogens is 318 g/mol. The number of benzene rings is 2. The molecule has 114 valence electrons. The van der Waals surface area contributed by atoms with Crippen LogP contribution in [0.4, 0.5) is 0 Å². The molecule has 0 aliphatic rings. The van der Waals surface area contributed by atoms with E-state index in [-0.39, 0.29) is 10.6 Å². The maximum Gasteiger partial charge on any atom is 0.279 e. The second-order valence-corrected chi connectivity index (χ2v) is 7.69. The molecule has 0 aliphatic carbocycles. The highest BCUT2D eigenvalue weighted by Crippen LogP contribution is 2.27. The molecule has 0 unspecified atom stereocenters. The van der Waals surface area contributed by atoms with Gasteiger partial charge in [-0.1, -0.05) is 12.1 Å². The van der Waals surface area contributed by atoms with Gasteiger partial charge in [-0.2, -0.15) is 13.1 Å². The molecule has 0 aromatic heterocycles. The van der Waals surface area contributed by atoms with Crippen LogP contribution in [-0.2, 0) is 20.1 Å². The average Bonchev–Trinajstić information content (AvgIpc) is 2.40. The van der Waals surface area contributed by atoms with Crippen molar-refractivity contribution in [2.75, 3.05) is 5.88 Å². The first kappa shape index (κ1) is 15.7. The second kappa shape index (κ2) is 5.26. The normalized spacial score (nSPS) is 12.7. The monoisotopic (exact) mass is 331 g/mol. The number of sulfonamides is 1. The van der Waals surface area contributed by atoms with E-state index in [0.717, 1.165) is 0 Å². The Morgan fingerprint density at radius 2 is 1.76 bits per heavy atom. The Balaban J connectivity index is 2.46. The van der Waals surface area contributed by atoms with Crippen LogP contribution in [0.25, 0.3) is 10.8 Å². The van der Waals surface area contributed by atoms with Crippen molar-refractivity contribution in [3.8, 4) is 5.75 Å². The van der Waals surface area contributed by atoms with Crippen LogP contribution in [0.1, 0.15) is 5.56 Å². The maximum atomic E-state index is 11.9. The van der Waals surface area contributed by atoms with Crippen molar-refractivity contribution < 1.29 is 26.5 Å². The van der Waals surface area contributed by atoms with Gasteiger partial charge in [0.15, 0.2) is 0 Å². The van der Waals surface area contributed by atoms with Gasteiger partial charge in [0.05, 0.1) is 4.90 Å². The van der Waals surface area contributed by atoms with E-state index in [1.807, 2.05) is 0 Å². The van der Waals surface area contributed by atoms with E-state index in [2.05, 4.69) is 0 Å². The number of hydrogen-bond acceptors (Lipinski definition) is 5. The summed E-state index contributed by atoms with van der Waals surface area (Å²) in [6, 6.07) is 7.17. The summed E-state index contributed by atoms with van der Waals surface area (Å²) in [4.78, 5) is -0.135.